The molecule has 1 aliphatic rings. The number of carbonyl (C=O) groups excluding carboxylic acids is 1. The Morgan fingerprint density at radius 3 is 2.21 bits per heavy atom. The smallest absolute Gasteiger partial charge is 0.227 e. The summed E-state index contributed by atoms with van der Waals surface area (Å²) in [6.45, 7) is 3.84. The van der Waals surface area contributed by atoms with E-state index in [-0.39, 0.29) is 30.0 Å². The van der Waals surface area contributed by atoms with Gasteiger partial charge in [-0.25, -0.2) is 8.78 Å². The molecule has 0 saturated carbocycles. The van der Waals surface area contributed by atoms with Gasteiger partial charge in [0.25, 0.3) is 0 Å². The second-order valence-electron chi connectivity index (χ2n) is 8.61. The molecule has 1 aliphatic heterocycles. The SMILES string of the molecule is C[C@@H]1CN(C(=O)Cc2ccc(F)cc2)CCN1c1nnc(-c2ccc(F)cc2)c2ccccc12. The first kappa shape index (κ1) is 21.9. The average Bonchev–Trinajstić information content (AvgIpc) is 2.85. The minimum absolute atomic E-state index is 0.0284. The van der Waals surface area contributed by atoms with Gasteiger partial charge >= 0.3 is 0 Å². The Hall–Kier alpha value is -3.87. The monoisotopic (exact) mass is 458 g/mol. The van der Waals surface area contributed by atoms with Gasteiger partial charge in [-0.2, -0.15) is 0 Å². The molecule has 7 heteroatoms. The summed E-state index contributed by atoms with van der Waals surface area (Å²) in [5, 5.41) is 11.0. The number of benzene rings is 3. The Labute approximate surface area is 196 Å². The van der Waals surface area contributed by atoms with Crippen LogP contribution in [-0.4, -0.2) is 46.7 Å². The topological polar surface area (TPSA) is 49.3 Å². The molecule has 2 heterocycles. The first-order valence-corrected chi connectivity index (χ1v) is 11.3. The first-order chi connectivity index (χ1) is 16.5. The fraction of sp³-hybridized carbons (Fsp3) is 0.222. The number of hydrogen-bond donors (Lipinski definition) is 0. The number of fused-ring (bicyclic) bond motifs is 1. The van der Waals surface area contributed by atoms with Crippen LogP contribution in [0.5, 0.6) is 0 Å². The van der Waals surface area contributed by atoms with E-state index in [4.69, 9.17) is 0 Å². The summed E-state index contributed by atoms with van der Waals surface area (Å²) in [4.78, 5) is 16.9. The molecule has 0 bridgehead atoms. The second-order valence-corrected chi connectivity index (χ2v) is 8.61. The Kier molecular flexibility index (Phi) is 5.92. The Morgan fingerprint density at radius 2 is 1.53 bits per heavy atom. The number of anilines is 1. The second kappa shape index (κ2) is 9.17. The average molecular weight is 459 g/mol. The fourth-order valence-corrected chi connectivity index (χ4v) is 4.51. The summed E-state index contributed by atoms with van der Waals surface area (Å²) in [5.41, 5.74) is 2.32. The number of rotatable bonds is 4. The first-order valence-electron chi connectivity index (χ1n) is 11.3. The van der Waals surface area contributed by atoms with Crippen LogP contribution in [0.2, 0.25) is 0 Å². The molecule has 5 nitrogen and oxygen atoms in total. The van der Waals surface area contributed by atoms with E-state index in [0.29, 0.717) is 25.3 Å². The molecule has 1 aromatic heterocycles. The highest BCUT2D eigenvalue weighted by Gasteiger charge is 2.29. The maximum Gasteiger partial charge on any atom is 0.227 e. The van der Waals surface area contributed by atoms with E-state index < -0.39 is 0 Å². The number of carbonyl (C=O) groups is 1. The Morgan fingerprint density at radius 1 is 0.882 bits per heavy atom. The van der Waals surface area contributed by atoms with E-state index in [9.17, 15) is 13.6 Å². The molecule has 0 aliphatic carbocycles. The molecular weight excluding hydrogens is 434 g/mol. The van der Waals surface area contributed by atoms with E-state index >= 15 is 0 Å². The molecule has 172 valence electrons. The highest BCUT2D eigenvalue weighted by atomic mass is 19.1. The Balaban J connectivity index is 1.37. The third-order valence-electron chi connectivity index (χ3n) is 6.31. The molecule has 0 unspecified atom stereocenters. The number of piperazine rings is 1. The molecule has 0 radical (unpaired) electrons. The maximum atomic E-state index is 13.4. The van der Waals surface area contributed by atoms with Gasteiger partial charge in [0.15, 0.2) is 5.82 Å². The van der Waals surface area contributed by atoms with Gasteiger partial charge in [0.1, 0.15) is 17.3 Å². The van der Waals surface area contributed by atoms with E-state index in [1.54, 1.807) is 24.3 Å². The Bertz CT molecular complexity index is 1330. The molecule has 3 aromatic carbocycles. The quantitative estimate of drug-likeness (QED) is 0.439. The molecule has 1 amide bonds. The molecular formula is C27H24F2N4O. The summed E-state index contributed by atoms with van der Waals surface area (Å²) >= 11 is 0. The zero-order chi connectivity index (χ0) is 23.7. The molecule has 0 N–H and O–H groups in total. The van der Waals surface area contributed by atoms with Crippen molar-refractivity contribution in [3.63, 3.8) is 0 Å². The molecule has 1 fully saturated rings. The van der Waals surface area contributed by atoms with E-state index in [1.807, 2.05) is 29.2 Å². The molecule has 4 aromatic rings. The number of amides is 1. The molecule has 1 atom stereocenters. The molecule has 5 rings (SSSR count). The van der Waals surface area contributed by atoms with Crippen molar-refractivity contribution in [2.24, 2.45) is 0 Å². The highest BCUT2D eigenvalue weighted by Crippen LogP contribution is 2.33. The molecule has 34 heavy (non-hydrogen) atoms. The van der Waals surface area contributed by atoms with Crippen molar-refractivity contribution in [1.82, 2.24) is 15.1 Å². The van der Waals surface area contributed by atoms with Crippen LogP contribution in [0.4, 0.5) is 14.6 Å². The largest absolute Gasteiger partial charge is 0.348 e. The normalized spacial score (nSPS) is 16.1. The summed E-state index contributed by atoms with van der Waals surface area (Å²) in [5.74, 6) is 0.204. The van der Waals surface area contributed by atoms with Crippen LogP contribution in [0.1, 0.15) is 12.5 Å². The van der Waals surface area contributed by atoms with Crippen LogP contribution in [0.15, 0.2) is 72.8 Å². The highest BCUT2D eigenvalue weighted by molar-refractivity contribution is 6.00. The third kappa shape index (κ3) is 4.33. The molecule has 1 saturated heterocycles. The van der Waals surface area contributed by atoms with Crippen molar-refractivity contribution >= 4 is 22.5 Å². The van der Waals surface area contributed by atoms with Gasteiger partial charge < -0.3 is 9.80 Å². The summed E-state index contributed by atoms with van der Waals surface area (Å²) in [6.07, 6.45) is 0.252. The van der Waals surface area contributed by atoms with Crippen LogP contribution in [0.25, 0.3) is 22.0 Å². The van der Waals surface area contributed by atoms with Crippen LogP contribution in [0, 0.1) is 11.6 Å². The molecule has 0 spiro atoms. The standard InChI is InChI=1S/C27H24F2N4O/c1-18-17-32(25(34)16-19-6-10-21(28)11-7-19)14-15-33(18)27-24-5-3-2-4-23(24)26(30-31-27)20-8-12-22(29)13-9-20/h2-13,18H,14-17H2,1H3/t18-/m1/s1. The van der Waals surface area contributed by atoms with Crippen LogP contribution in [0.3, 0.4) is 0 Å². The zero-order valence-corrected chi connectivity index (χ0v) is 18.8. The predicted molar refractivity (Wildman–Crippen MR) is 128 cm³/mol. The lowest BCUT2D eigenvalue weighted by atomic mass is 10.0. The van der Waals surface area contributed by atoms with E-state index in [0.717, 1.165) is 27.7 Å². The van der Waals surface area contributed by atoms with Crippen LogP contribution < -0.4 is 4.90 Å². The number of aromatic nitrogens is 2. The predicted octanol–water partition coefficient (Wildman–Crippen LogP) is 4.85. The zero-order valence-electron chi connectivity index (χ0n) is 18.8. The van der Waals surface area contributed by atoms with Crippen molar-refractivity contribution in [2.75, 3.05) is 24.5 Å². The van der Waals surface area contributed by atoms with Crippen molar-refractivity contribution < 1.29 is 13.6 Å². The van der Waals surface area contributed by atoms with Crippen molar-refractivity contribution in [3.05, 3.63) is 90.0 Å². The van der Waals surface area contributed by atoms with Crippen LogP contribution >= 0.6 is 0 Å². The van der Waals surface area contributed by atoms with Gasteiger partial charge in [-0.05, 0) is 48.9 Å². The van der Waals surface area contributed by atoms with Crippen molar-refractivity contribution in [1.29, 1.82) is 0 Å². The van der Waals surface area contributed by atoms with Crippen molar-refractivity contribution in [2.45, 2.75) is 19.4 Å². The summed E-state index contributed by atoms with van der Waals surface area (Å²) < 4.78 is 26.6. The number of halogens is 2. The lowest BCUT2D eigenvalue weighted by Crippen LogP contribution is -2.54. The fourth-order valence-electron chi connectivity index (χ4n) is 4.51. The summed E-state index contributed by atoms with van der Waals surface area (Å²) in [7, 11) is 0. The van der Waals surface area contributed by atoms with E-state index in [1.165, 1.54) is 24.3 Å². The van der Waals surface area contributed by atoms with Gasteiger partial charge in [0.05, 0.1) is 6.42 Å². The van der Waals surface area contributed by atoms with E-state index in [2.05, 4.69) is 22.0 Å². The number of nitrogens with zero attached hydrogens (tertiary/aromatic N) is 4. The van der Waals surface area contributed by atoms with Gasteiger partial charge in [0.2, 0.25) is 5.91 Å². The van der Waals surface area contributed by atoms with Gasteiger partial charge in [-0.3, -0.25) is 4.79 Å². The van der Waals surface area contributed by atoms with Crippen molar-refractivity contribution in [3.8, 4) is 11.3 Å². The lowest BCUT2D eigenvalue weighted by molar-refractivity contribution is -0.131. The lowest BCUT2D eigenvalue weighted by Gasteiger charge is -2.40. The third-order valence-corrected chi connectivity index (χ3v) is 6.31. The van der Waals surface area contributed by atoms with Gasteiger partial charge in [-0.1, -0.05) is 36.4 Å². The summed E-state index contributed by atoms with van der Waals surface area (Å²) in [6, 6.07) is 20.3. The maximum absolute atomic E-state index is 13.4. The van der Waals surface area contributed by atoms with Gasteiger partial charge in [0, 0.05) is 42.0 Å². The number of hydrogen-bond acceptors (Lipinski definition) is 4. The minimum Gasteiger partial charge on any atom is -0.348 e. The van der Waals surface area contributed by atoms with Gasteiger partial charge in [-0.15, -0.1) is 10.2 Å². The minimum atomic E-state index is -0.308. The van der Waals surface area contributed by atoms with Crippen LogP contribution in [-0.2, 0) is 11.2 Å².